The van der Waals surface area contributed by atoms with Gasteiger partial charge in [0.15, 0.2) is 0 Å². The minimum Gasteiger partial charge on any atom is -0.370 e. The molecule has 2 rings (SSSR count). The molecule has 0 bridgehead atoms. The summed E-state index contributed by atoms with van der Waals surface area (Å²) in [5.74, 6) is 3.59. The molecule has 0 aliphatic carbocycles. The highest BCUT2D eigenvalue weighted by Gasteiger charge is 2.07. The molecule has 0 fully saturated rings. The number of rotatable bonds is 6. The highest BCUT2D eigenvalue weighted by atomic mass is 15.1. The Morgan fingerprint density at radius 1 is 1.21 bits per heavy atom. The van der Waals surface area contributed by atoms with Crippen molar-refractivity contribution in [3.05, 3.63) is 30.1 Å². The van der Waals surface area contributed by atoms with Crippen LogP contribution in [-0.4, -0.2) is 26.1 Å². The van der Waals surface area contributed by atoms with Gasteiger partial charge in [-0.05, 0) is 19.8 Å². The number of hydrogen-bond acceptors (Lipinski definition) is 4. The molecule has 0 aromatic carbocycles. The normalized spacial score (nSPS) is 10.7. The molecule has 102 valence electrons. The van der Waals surface area contributed by atoms with Crippen molar-refractivity contribution in [2.24, 2.45) is 0 Å². The summed E-state index contributed by atoms with van der Waals surface area (Å²) in [4.78, 5) is 13.4. The second-order valence-corrected chi connectivity index (χ2v) is 4.55. The Labute approximate surface area is 114 Å². The highest BCUT2D eigenvalue weighted by molar-refractivity contribution is 5.42. The van der Waals surface area contributed by atoms with Crippen LogP contribution in [0.2, 0.25) is 0 Å². The van der Waals surface area contributed by atoms with E-state index >= 15 is 0 Å². The van der Waals surface area contributed by atoms with Crippen molar-refractivity contribution < 1.29 is 0 Å². The Morgan fingerprint density at radius 3 is 2.68 bits per heavy atom. The van der Waals surface area contributed by atoms with Gasteiger partial charge in [0.2, 0.25) is 0 Å². The van der Waals surface area contributed by atoms with E-state index in [1.54, 1.807) is 6.20 Å². The summed E-state index contributed by atoms with van der Waals surface area (Å²) in [6.07, 6.45) is 6.72. The number of aryl methyl sites for hydroxylation is 2. The zero-order valence-electron chi connectivity index (χ0n) is 11.8. The second-order valence-electron chi connectivity index (χ2n) is 4.55. The minimum absolute atomic E-state index is 0.881. The predicted octanol–water partition coefficient (Wildman–Crippen LogP) is 2.75. The van der Waals surface area contributed by atoms with Crippen LogP contribution < -0.4 is 5.32 Å². The molecule has 0 aliphatic rings. The summed E-state index contributed by atoms with van der Waals surface area (Å²) in [5.41, 5.74) is 0. The molecule has 0 aliphatic heterocycles. The molecule has 1 N–H and O–H groups in total. The van der Waals surface area contributed by atoms with Crippen LogP contribution in [0.4, 0.5) is 5.82 Å². The molecule has 19 heavy (non-hydrogen) atoms. The number of nitrogens with one attached hydrogen (secondary N) is 1. The van der Waals surface area contributed by atoms with Gasteiger partial charge >= 0.3 is 0 Å². The van der Waals surface area contributed by atoms with Gasteiger partial charge in [0.05, 0.1) is 0 Å². The Balaban J connectivity index is 2.36. The minimum atomic E-state index is 0.881. The summed E-state index contributed by atoms with van der Waals surface area (Å²) < 4.78 is 1.98. The quantitative estimate of drug-likeness (QED) is 0.866. The van der Waals surface area contributed by atoms with Crippen molar-refractivity contribution in [3.63, 3.8) is 0 Å². The molecule has 2 aromatic heterocycles. The largest absolute Gasteiger partial charge is 0.370 e. The monoisotopic (exact) mass is 259 g/mol. The fourth-order valence-electron chi connectivity index (χ4n) is 1.91. The van der Waals surface area contributed by atoms with E-state index in [9.17, 15) is 0 Å². The molecule has 0 atom stereocenters. The van der Waals surface area contributed by atoms with Crippen LogP contribution in [0.3, 0.4) is 0 Å². The van der Waals surface area contributed by atoms with Gasteiger partial charge in [-0.25, -0.2) is 15.0 Å². The van der Waals surface area contributed by atoms with E-state index in [1.807, 2.05) is 23.8 Å². The Bertz CT molecular complexity index is 532. The highest BCUT2D eigenvalue weighted by Crippen LogP contribution is 2.14. The van der Waals surface area contributed by atoms with Crippen LogP contribution in [0.25, 0.3) is 5.82 Å². The lowest BCUT2D eigenvalue weighted by Crippen LogP contribution is -2.09. The standard InChI is InChI=1S/C14H21N5/c1-4-6-12-17-13(16-7-5-2)10-14(18-12)19-9-8-15-11(19)3/h8-10H,4-7H2,1-3H3,(H,16,17,18). The van der Waals surface area contributed by atoms with Crippen molar-refractivity contribution in [2.45, 2.75) is 40.0 Å². The van der Waals surface area contributed by atoms with Gasteiger partial charge in [-0.15, -0.1) is 0 Å². The van der Waals surface area contributed by atoms with Gasteiger partial charge in [-0.2, -0.15) is 0 Å². The van der Waals surface area contributed by atoms with Crippen molar-refractivity contribution in [2.75, 3.05) is 11.9 Å². The third-order valence-electron chi connectivity index (χ3n) is 2.86. The molecule has 5 nitrogen and oxygen atoms in total. The number of aromatic nitrogens is 4. The first-order valence-corrected chi connectivity index (χ1v) is 6.86. The van der Waals surface area contributed by atoms with Crippen LogP contribution >= 0.6 is 0 Å². The molecule has 2 heterocycles. The van der Waals surface area contributed by atoms with E-state index in [0.29, 0.717) is 0 Å². The van der Waals surface area contributed by atoms with E-state index in [0.717, 1.165) is 49.1 Å². The Kier molecular flexibility index (Phi) is 4.49. The maximum atomic E-state index is 4.61. The average molecular weight is 259 g/mol. The van der Waals surface area contributed by atoms with Crippen LogP contribution in [0.1, 0.15) is 38.3 Å². The van der Waals surface area contributed by atoms with Crippen LogP contribution in [0.15, 0.2) is 18.5 Å². The Morgan fingerprint density at radius 2 is 2.05 bits per heavy atom. The molecule has 2 aromatic rings. The summed E-state index contributed by atoms with van der Waals surface area (Å²) >= 11 is 0. The summed E-state index contributed by atoms with van der Waals surface area (Å²) in [7, 11) is 0. The first-order valence-electron chi connectivity index (χ1n) is 6.86. The SMILES string of the molecule is CCCNc1cc(-n2ccnc2C)nc(CCC)n1. The Hall–Kier alpha value is -1.91. The van der Waals surface area contributed by atoms with Gasteiger partial charge in [0.25, 0.3) is 0 Å². The molecule has 0 spiro atoms. The zero-order valence-corrected chi connectivity index (χ0v) is 11.8. The topological polar surface area (TPSA) is 55.6 Å². The molecule has 0 unspecified atom stereocenters. The van der Waals surface area contributed by atoms with Gasteiger partial charge in [0.1, 0.15) is 23.3 Å². The number of imidazole rings is 1. The maximum Gasteiger partial charge on any atom is 0.143 e. The van der Waals surface area contributed by atoms with E-state index in [1.165, 1.54) is 0 Å². The van der Waals surface area contributed by atoms with Crippen LogP contribution in [0, 0.1) is 6.92 Å². The number of anilines is 1. The van der Waals surface area contributed by atoms with Gasteiger partial charge < -0.3 is 5.32 Å². The summed E-state index contributed by atoms with van der Waals surface area (Å²) in [6, 6.07) is 1.98. The second kappa shape index (κ2) is 6.31. The zero-order chi connectivity index (χ0) is 13.7. The lowest BCUT2D eigenvalue weighted by Gasteiger charge is -2.10. The third-order valence-corrected chi connectivity index (χ3v) is 2.86. The van der Waals surface area contributed by atoms with Gasteiger partial charge in [-0.3, -0.25) is 4.57 Å². The number of nitrogens with zero attached hydrogens (tertiary/aromatic N) is 4. The average Bonchev–Trinajstić information content (AvgIpc) is 2.83. The van der Waals surface area contributed by atoms with Crippen molar-refractivity contribution in [3.8, 4) is 5.82 Å². The number of hydrogen-bond donors (Lipinski definition) is 1. The van der Waals surface area contributed by atoms with Gasteiger partial charge in [-0.1, -0.05) is 13.8 Å². The smallest absolute Gasteiger partial charge is 0.143 e. The lowest BCUT2D eigenvalue weighted by atomic mass is 10.3. The van der Waals surface area contributed by atoms with Crippen molar-refractivity contribution in [1.29, 1.82) is 0 Å². The van der Waals surface area contributed by atoms with Crippen molar-refractivity contribution >= 4 is 5.82 Å². The molecule has 0 radical (unpaired) electrons. The molecule has 0 saturated carbocycles. The first-order chi connectivity index (χ1) is 9.24. The first kappa shape index (κ1) is 13.5. The van der Waals surface area contributed by atoms with Crippen LogP contribution in [-0.2, 0) is 6.42 Å². The van der Waals surface area contributed by atoms with Crippen molar-refractivity contribution in [1.82, 2.24) is 19.5 Å². The van der Waals surface area contributed by atoms with E-state index in [4.69, 9.17) is 0 Å². The van der Waals surface area contributed by atoms with Gasteiger partial charge in [0, 0.05) is 31.4 Å². The molecular weight excluding hydrogens is 238 g/mol. The molecular formula is C14H21N5. The van der Waals surface area contributed by atoms with E-state index < -0.39 is 0 Å². The lowest BCUT2D eigenvalue weighted by molar-refractivity contribution is 0.808. The summed E-state index contributed by atoms with van der Waals surface area (Å²) in [5, 5.41) is 3.33. The predicted molar refractivity (Wildman–Crippen MR) is 76.7 cm³/mol. The molecule has 5 heteroatoms. The third kappa shape index (κ3) is 3.30. The maximum absolute atomic E-state index is 4.61. The summed E-state index contributed by atoms with van der Waals surface area (Å²) in [6.45, 7) is 7.17. The van der Waals surface area contributed by atoms with Crippen LogP contribution in [0.5, 0.6) is 0 Å². The van der Waals surface area contributed by atoms with E-state index in [-0.39, 0.29) is 0 Å². The molecule has 0 amide bonds. The van der Waals surface area contributed by atoms with E-state index in [2.05, 4.69) is 34.1 Å². The fourth-order valence-corrected chi connectivity index (χ4v) is 1.91. The molecule has 0 saturated heterocycles. The fraction of sp³-hybridized carbons (Fsp3) is 0.500.